The summed E-state index contributed by atoms with van der Waals surface area (Å²) in [5, 5.41) is 0. The molecule has 5 heteroatoms. The van der Waals surface area contributed by atoms with Crippen LogP contribution < -0.4 is 4.90 Å². The predicted octanol–water partition coefficient (Wildman–Crippen LogP) is 2.58. The number of benzene rings is 1. The summed E-state index contributed by atoms with van der Waals surface area (Å²) in [5.41, 5.74) is 1.79. The largest absolute Gasteiger partial charge is 0.423 e. The summed E-state index contributed by atoms with van der Waals surface area (Å²) < 4.78 is 5.83. The van der Waals surface area contributed by atoms with Gasteiger partial charge < -0.3 is 14.2 Å². The number of halogens is 1. The second-order valence-corrected chi connectivity index (χ2v) is 5.21. The Bertz CT molecular complexity index is 509. The minimum Gasteiger partial charge on any atom is -0.423 e. The van der Waals surface area contributed by atoms with Gasteiger partial charge in [-0.05, 0) is 25.1 Å². The second kappa shape index (κ2) is 5.80. The number of nitrogens with zero attached hydrogens (tertiary/aromatic N) is 3. The van der Waals surface area contributed by atoms with E-state index in [9.17, 15) is 0 Å². The van der Waals surface area contributed by atoms with E-state index in [2.05, 4.69) is 14.8 Å². The molecule has 0 spiro atoms. The molecule has 1 aromatic carbocycles. The van der Waals surface area contributed by atoms with Gasteiger partial charge in [0.1, 0.15) is 5.52 Å². The van der Waals surface area contributed by atoms with E-state index >= 15 is 0 Å². The molecular weight excluding hydrogens is 262 g/mol. The van der Waals surface area contributed by atoms with Crippen LogP contribution in [0.5, 0.6) is 0 Å². The third-order valence-corrected chi connectivity index (χ3v) is 3.71. The van der Waals surface area contributed by atoms with Crippen molar-refractivity contribution in [3.8, 4) is 0 Å². The quantitative estimate of drug-likeness (QED) is 0.809. The first kappa shape index (κ1) is 12.8. The summed E-state index contributed by atoms with van der Waals surface area (Å²) >= 11 is 5.81. The monoisotopic (exact) mass is 279 g/mol. The van der Waals surface area contributed by atoms with Gasteiger partial charge in [-0.3, -0.25) is 0 Å². The first-order chi connectivity index (χ1) is 9.36. The molecule has 0 N–H and O–H groups in total. The van der Waals surface area contributed by atoms with Gasteiger partial charge in [-0.1, -0.05) is 12.1 Å². The van der Waals surface area contributed by atoms with Gasteiger partial charge in [0.25, 0.3) is 6.01 Å². The van der Waals surface area contributed by atoms with Crippen molar-refractivity contribution in [2.75, 3.05) is 43.5 Å². The van der Waals surface area contributed by atoms with Gasteiger partial charge in [0.2, 0.25) is 0 Å². The van der Waals surface area contributed by atoms with Gasteiger partial charge >= 0.3 is 0 Å². The van der Waals surface area contributed by atoms with Crippen LogP contribution in [0.1, 0.15) is 6.42 Å². The van der Waals surface area contributed by atoms with Crippen LogP contribution in [0, 0.1) is 0 Å². The maximum atomic E-state index is 5.83. The Labute approximate surface area is 117 Å². The maximum Gasteiger partial charge on any atom is 0.298 e. The van der Waals surface area contributed by atoms with Gasteiger partial charge in [-0.25, -0.2) is 0 Å². The lowest BCUT2D eigenvalue weighted by atomic mass is 10.3. The highest BCUT2D eigenvalue weighted by molar-refractivity contribution is 6.18. The van der Waals surface area contributed by atoms with Gasteiger partial charge in [0.15, 0.2) is 5.58 Å². The van der Waals surface area contributed by atoms with Crippen LogP contribution >= 0.6 is 11.6 Å². The van der Waals surface area contributed by atoms with Crippen molar-refractivity contribution in [2.24, 2.45) is 0 Å². The number of fused-ring (bicyclic) bond motifs is 1. The summed E-state index contributed by atoms with van der Waals surface area (Å²) in [6.07, 6.45) is 1.12. The molecule has 1 aliphatic rings. The highest BCUT2D eigenvalue weighted by Gasteiger charge is 2.18. The average Bonchev–Trinajstić information content (AvgIpc) is 2.72. The highest BCUT2D eigenvalue weighted by atomic mass is 35.5. The summed E-state index contributed by atoms with van der Waals surface area (Å²) in [7, 11) is 0. The number of oxazole rings is 1. The molecule has 0 atom stereocenters. The molecule has 2 aromatic rings. The number of hydrogen-bond donors (Lipinski definition) is 0. The third kappa shape index (κ3) is 2.85. The number of anilines is 1. The summed E-state index contributed by atoms with van der Waals surface area (Å²) in [6, 6.07) is 8.65. The molecule has 1 aliphatic heterocycles. The molecule has 0 amide bonds. The fourth-order valence-corrected chi connectivity index (χ4v) is 2.74. The summed E-state index contributed by atoms with van der Waals surface area (Å²) in [5.74, 6) is 0.697. The number of rotatable bonds is 3. The van der Waals surface area contributed by atoms with Crippen molar-refractivity contribution in [1.82, 2.24) is 9.88 Å². The fourth-order valence-electron chi connectivity index (χ4n) is 2.50. The number of alkyl halides is 1. The van der Waals surface area contributed by atoms with Crippen LogP contribution in [-0.4, -0.2) is 48.5 Å². The van der Waals surface area contributed by atoms with E-state index in [4.69, 9.17) is 16.0 Å². The van der Waals surface area contributed by atoms with Crippen molar-refractivity contribution in [3.05, 3.63) is 24.3 Å². The number of para-hydroxylation sites is 2. The molecule has 0 unspecified atom stereocenters. The highest BCUT2D eigenvalue weighted by Crippen LogP contribution is 2.22. The second-order valence-electron chi connectivity index (χ2n) is 4.84. The van der Waals surface area contributed by atoms with E-state index in [-0.39, 0.29) is 0 Å². The maximum absolute atomic E-state index is 5.83. The lowest BCUT2D eigenvalue weighted by Crippen LogP contribution is -2.31. The fraction of sp³-hybridized carbons (Fsp3) is 0.500. The SMILES string of the molecule is ClCCN1CCCN(c2nc3ccccc3o2)CC1. The average molecular weight is 280 g/mol. The first-order valence-corrected chi connectivity index (χ1v) is 7.29. The Kier molecular flexibility index (Phi) is 3.89. The molecule has 2 heterocycles. The minimum atomic E-state index is 0.697. The van der Waals surface area contributed by atoms with Crippen LogP contribution in [0.2, 0.25) is 0 Å². The Hall–Kier alpha value is -1.26. The van der Waals surface area contributed by atoms with Gasteiger partial charge in [0.05, 0.1) is 0 Å². The molecule has 1 fully saturated rings. The molecule has 0 radical (unpaired) electrons. The standard InChI is InChI=1S/C14H18ClN3O/c15-6-9-17-7-3-8-18(11-10-17)14-16-12-4-1-2-5-13(12)19-14/h1-2,4-5H,3,6-11H2. The molecule has 3 rings (SSSR count). The Balaban J connectivity index is 1.74. The van der Waals surface area contributed by atoms with Crippen LogP contribution in [0.15, 0.2) is 28.7 Å². The Morgan fingerprint density at radius 3 is 2.89 bits per heavy atom. The van der Waals surface area contributed by atoms with Gasteiger partial charge in [-0.2, -0.15) is 4.98 Å². The van der Waals surface area contributed by atoms with E-state index in [0.717, 1.165) is 56.3 Å². The van der Waals surface area contributed by atoms with E-state index in [1.807, 2.05) is 24.3 Å². The molecule has 0 saturated carbocycles. The minimum absolute atomic E-state index is 0.697. The molecule has 19 heavy (non-hydrogen) atoms. The van der Waals surface area contributed by atoms with E-state index in [1.165, 1.54) is 0 Å². The number of hydrogen-bond acceptors (Lipinski definition) is 4. The normalized spacial score (nSPS) is 17.8. The van der Waals surface area contributed by atoms with Crippen LogP contribution in [0.3, 0.4) is 0 Å². The van der Waals surface area contributed by atoms with E-state index in [1.54, 1.807) is 0 Å². The lowest BCUT2D eigenvalue weighted by Gasteiger charge is -2.19. The van der Waals surface area contributed by atoms with Crippen molar-refractivity contribution in [1.29, 1.82) is 0 Å². The lowest BCUT2D eigenvalue weighted by molar-refractivity contribution is 0.311. The third-order valence-electron chi connectivity index (χ3n) is 3.54. The summed E-state index contributed by atoms with van der Waals surface area (Å²) in [6.45, 7) is 5.02. The zero-order valence-corrected chi connectivity index (χ0v) is 11.6. The molecule has 1 aromatic heterocycles. The topological polar surface area (TPSA) is 32.5 Å². The zero-order valence-electron chi connectivity index (χ0n) is 10.9. The van der Waals surface area contributed by atoms with E-state index in [0.29, 0.717) is 5.88 Å². The predicted molar refractivity (Wildman–Crippen MR) is 78.0 cm³/mol. The number of aromatic nitrogens is 1. The molecule has 1 saturated heterocycles. The van der Waals surface area contributed by atoms with Gasteiger partial charge in [-0.15, -0.1) is 11.6 Å². The molecule has 0 bridgehead atoms. The Morgan fingerprint density at radius 2 is 2.05 bits per heavy atom. The first-order valence-electron chi connectivity index (χ1n) is 6.75. The van der Waals surface area contributed by atoms with Crippen molar-refractivity contribution >= 4 is 28.7 Å². The zero-order chi connectivity index (χ0) is 13.1. The van der Waals surface area contributed by atoms with Crippen molar-refractivity contribution in [2.45, 2.75) is 6.42 Å². The van der Waals surface area contributed by atoms with E-state index < -0.39 is 0 Å². The van der Waals surface area contributed by atoms with Crippen molar-refractivity contribution < 1.29 is 4.42 Å². The molecule has 102 valence electrons. The summed E-state index contributed by atoms with van der Waals surface area (Å²) in [4.78, 5) is 9.19. The molecule has 0 aliphatic carbocycles. The van der Waals surface area contributed by atoms with Crippen LogP contribution in [0.4, 0.5) is 6.01 Å². The smallest absolute Gasteiger partial charge is 0.298 e. The molecule has 4 nitrogen and oxygen atoms in total. The van der Waals surface area contributed by atoms with Crippen LogP contribution in [0.25, 0.3) is 11.1 Å². The van der Waals surface area contributed by atoms with Gasteiger partial charge in [0, 0.05) is 32.1 Å². The molecular formula is C14H18ClN3O. The van der Waals surface area contributed by atoms with Crippen LogP contribution in [-0.2, 0) is 0 Å². The Morgan fingerprint density at radius 1 is 1.16 bits per heavy atom. The van der Waals surface area contributed by atoms with Crippen molar-refractivity contribution in [3.63, 3.8) is 0 Å².